The highest BCUT2D eigenvalue weighted by Gasteiger charge is 2.43. The van der Waals surface area contributed by atoms with Gasteiger partial charge in [-0.25, -0.2) is 9.59 Å². The molecule has 8 heteroatoms. The molecule has 1 aromatic carbocycles. The standard InChI is InChI=1S/C14H20N2.C4H6O6/c1-2-5-12(6-3-1)9-14-11-15-10-13(14)7-4-8-16-14;5-1(3(7)8)2(6)4(9)10/h1-3,5-6,13,15-16H,4,7-11H2;1-2,5-6H,(H,7,8)(H,9,10)/t13-,14-;/m1./s1. The lowest BCUT2D eigenvalue weighted by Gasteiger charge is -2.40. The Hall–Kier alpha value is -2.00. The number of benzene rings is 1. The molecule has 0 saturated carbocycles. The number of fused-ring (bicyclic) bond motifs is 1. The van der Waals surface area contributed by atoms with Crippen molar-refractivity contribution in [3.8, 4) is 0 Å². The van der Waals surface area contributed by atoms with Crippen LogP contribution in [0, 0.1) is 5.92 Å². The van der Waals surface area contributed by atoms with Crippen LogP contribution in [0.25, 0.3) is 0 Å². The fourth-order valence-electron chi connectivity index (χ4n) is 3.58. The number of nitrogens with one attached hydrogen (secondary N) is 2. The first-order chi connectivity index (χ1) is 12.4. The van der Waals surface area contributed by atoms with E-state index < -0.39 is 24.1 Å². The summed E-state index contributed by atoms with van der Waals surface area (Å²) in [6.45, 7) is 3.51. The molecule has 0 spiro atoms. The van der Waals surface area contributed by atoms with Gasteiger partial charge in [0, 0.05) is 12.1 Å². The summed E-state index contributed by atoms with van der Waals surface area (Å²) < 4.78 is 0. The third kappa shape index (κ3) is 5.01. The van der Waals surface area contributed by atoms with E-state index in [1.807, 2.05) is 0 Å². The molecule has 26 heavy (non-hydrogen) atoms. The van der Waals surface area contributed by atoms with Crippen molar-refractivity contribution in [2.75, 3.05) is 19.6 Å². The van der Waals surface area contributed by atoms with Crippen molar-refractivity contribution in [1.82, 2.24) is 10.6 Å². The first-order valence-electron chi connectivity index (χ1n) is 8.67. The molecule has 2 aliphatic rings. The van der Waals surface area contributed by atoms with Crippen molar-refractivity contribution in [3.05, 3.63) is 35.9 Å². The van der Waals surface area contributed by atoms with E-state index in [1.165, 1.54) is 37.9 Å². The Morgan fingerprint density at radius 3 is 2.31 bits per heavy atom. The van der Waals surface area contributed by atoms with Crippen LogP contribution in [0.4, 0.5) is 0 Å². The largest absolute Gasteiger partial charge is 0.479 e. The molecule has 2 saturated heterocycles. The average Bonchev–Trinajstić information content (AvgIpc) is 3.05. The second kappa shape index (κ2) is 9.09. The van der Waals surface area contributed by atoms with E-state index in [0.29, 0.717) is 5.54 Å². The molecule has 2 unspecified atom stereocenters. The van der Waals surface area contributed by atoms with Crippen LogP contribution in [-0.4, -0.2) is 69.7 Å². The molecular formula is C18H26N2O6. The quantitative estimate of drug-likeness (QED) is 0.408. The summed E-state index contributed by atoms with van der Waals surface area (Å²) in [4.78, 5) is 19.5. The number of hydrogen-bond acceptors (Lipinski definition) is 6. The van der Waals surface area contributed by atoms with Crippen LogP contribution in [0.2, 0.25) is 0 Å². The van der Waals surface area contributed by atoms with Gasteiger partial charge < -0.3 is 31.1 Å². The summed E-state index contributed by atoms with van der Waals surface area (Å²) in [5.41, 5.74) is 1.80. The summed E-state index contributed by atoms with van der Waals surface area (Å²) in [5.74, 6) is -2.72. The third-order valence-corrected chi connectivity index (χ3v) is 4.99. The van der Waals surface area contributed by atoms with E-state index in [-0.39, 0.29) is 0 Å². The van der Waals surface area contributed by atoms with Crippen LogP contribution in [0.1, 0.15) is 18.4 Å². The van der Waals surface area contributed by atoms with Crippen molar-refractivity contribution in [2.24, 2.45) is 5.92 Å². The zero-order valence-corrected chi connectivity index (χ0v) is 14.5. The van der Waals surface area contributed by atoms with Gasteiger partial charge in [0.1, 0.15) is 0 Å². The van der Waals surface area contributed by atoms with Gasteiger partial charge in [-0.3, -0.25) is 0 Å². The lowest BCUT2D eigenvalue weighted by atomic mass is 9.77. The highest BCUT2D eigenvalue weighted by Crippen LogP contribution is 2.32. The van der Waals surface area contributed by atoms with E-state index >= 15 is 0 Å². The van der Waals surface area contributed by atoms with Crippen molar-refractivity contribution < 1.29 is 30.0 Å². The first kappa shape index (κ1) is 20.3. The molecule has 0 bridgehead atoms. The number of aliphatic hydroxyl groups excluding tert-OH is 2. The zero-order chi connectivity index (χ0) is 19.2. The SMILES string of the molecule is O=C(O)C(O)C(O)C(=O)O.c1ccc(C[C@@]23CNC[C@H]2CCCN3)cc1. The molecule has 8 nitrogen and oxygen atoms in total. The number of piperidine rings is 1. The van der Waals surface area contributed by atoms with Gasteiger partial charge in [-0.1, -0.05) is 30.3 Å². The van der Waals surface area contributed by atoms with E-state index in [4.69, 9.17) is 20.4 Å². The number of carbonyl (C=O) groups is 2. The molecule has 0 amide bonds. The molecule has 1 aromatic rings. The molecule has 2 aliphatic heterocycles. The Morgan fingerprint density at radius 1 is 1.12 bits per heavy atom. The molecule has 4 atom stereocenters. The maximum atomic E-state index is 9.77. The van der Waals surface area contributed by atoms with E-state index in [1.54, 1.807) is 0 Å². The van der Waals surface area contributed by atoms with Crippen LogP contribution in [0.15, 0.2) is 30.3 Å². The number of carboxylic acid groups (broad SMARTS) is 2. The molecule has 144 valence electrons. The van der Waals surface area contributed by atoms with Gasteiger partial charge in [0.05, 0.1) is 0 Å². The van der Waals surface area contributed by atoms with Crippen molar-refractivity contribution in [1.29, 1.82) is 0 Å². The topological polar surface area (TPSA) is 139 Å². The van der Waals surface area contributed by atoms with Crippen LogP contribution in [-0.2, 0) is 16.0 Å². The highest BCUT2D eigenvalue weighted by molar-refractivity contribution is 5.83. The second-order valence-electron chi connectivity index (χ2n) is 6.78. The smallest absolute Gasteiger partial charge is 0.335 e. The molecule has 3 rings (SSSR count). The molecule has 2 fully saturated rings. The van der Waals surface area contributed by atoms with Gasteiger partial charge >= 0.3 is 11.9 Å². The fraction of sp³-hybridized carbons (Fsp3) is 0.556. The summed E-state index contributed by atoms with van der Waals surface area (Å²) in [5, 5.41) is 39.9. The Labute approximate surface area is 151 Å². The minimum atomic E-state index is -2.27. The molecule has 0 aromatic heterocycles. The number of aliphatic hydroxyl groups is 2. The van der Waals surface area contributed by atoms with Gasteiger partial charge in [-0.2, -0.15) is 0 Å². The minimum Gasteiger partial charge on any atom is -0.479 e. The summed E-state index contributed by atoms with van der Waals surface area (Å²) in [6.07, 6.45) is -0.642. The second-order valence-corrected chi connectivity index (χ2v) is 6.78. The maximum absolute atomic E-state index is 9.77. The molecule has 6 N–H and O–H groups in total. The van der Waals surface area contributed by atoms with Gasteiger partial charge in [-0.05, 0) is 43.8 Å². The molecular weight excluding hydrogens is 340 g/mol. The van der Waals surface area contributed by atoms with Crippen LogP contribution in [0.5, 0.6) is 0 Å². The number of rotatable bonds is 5. The number of carboxylic acids is 2. The predicted octanol–water partition coefficient (Wildman–Crippen LogP) is -0.552. The van der Waals surface area contributed by atoms with Crippen LogP contribution < -0.4 is 10.6 Å². The van der Waals surface area contributed by atoms with Gasteiger partial charge in [0.25, 0.3) is 0 Å². The van der Waals surface area contributed by atoms with Crippen LogP contribution >= 0.6 is 0 Å². The fourth-order valence-corrected chi connectivity index (χ4v) is 3.58. The molecule has 0 radical (unpaired) electrons. The summed E-state index contributed by atoms with van der Waals surface area (Å²) in [6, 6.07) is 10.9. The Kier molecular flexibility index (Phi) is 7.10. The summed E-state index contributed by atoms with van der Waals surface area (Å²) in [7, 11) is 0. The maximum Gasteiger partial charge on any atom is 0.335 e. The number of aliphatic carboxylic acids is 2. The van der Waals surface area contributed by atoms with Crippen LogP contribution in [0.3, 0.4) is 0 Å². The lowest BCUT2D eigenvalue weighted by Crippen LogP contribution is -2.56. The van der Waals surface area contributed by atoms with Gasteiger partial charge in [0.2, 0.25) is 0 Å². The Morgan fingerprint density at radius 2 is 1.73 bits per heavy atom. The van der Waals surface area contributed by atoms with Crippen molar-refractivity contribution in [3.63, 3.8) is 0 Å². The molecule has 0 aliphatic carbocycles. The predicted molar refractivity (Wildman–Crippen MR) is 93.8 cm³/mol. The average molecular weight is 366 g/mol. The Bertz CT molecular complexity index is 593. The van der Waals surface area contributed by atoms with E-state index in [0.717, 1.165) is 12.5 Å². The molecule has 2 heterocycles. The van der Waals surface area contributed by atoms with Crippen molar-refractivity contribution in [2.45, 2.75) is 37.0 Å². The van der Waals surface area contributed by atoms with Crippen molar-refractivity contribution >= 4 is 11.9 Å². The Balaban J connectivity index is 0.000000213. The normalized spacial score (nSPS) is 26.8. The first-order valence-corrected chi connectivity index (χ1v) is 8.67. The van der Waals surface area contributed by atoms with Gasteiger partial charge in [-0.15, -0.1) is 0 Å². The monoisotopic (exact) mass is 366 g/mol. The highest BCUT2D eigenvalue weighted by atomic mass is 16.4. The number of hydrogen-bond donors (Lipinski definition) is 6. The third-order valence-electron chi connectivity index (χ3n) is 4.99. The van der Waals surface area contributed by atoms with E-state index in [9.17, 15) is 9.59 Å². The zero-order valence-electron chi connectivity index (χ0n) is 14.5. The minimum absolute atomic E-state index is 0.333. The van der Waals surface area contributed by atoms with Gasteiger partial charge in [0.15, 0.2) is 12.2 Å². The van der Waals surface area contributed by atoms with E-state index in [2.05, 4.69) is 41.0 Å². The lowest BCUT2D eigenvalue weighted by molar-refractivity contribution is -0.165. The summed E-state index contributed by atoms with van der Waals surface area (Å²) >= 11 is 0.